The SMILES string of the molecule is CCOC(=O)c1nc(N(C)c2cc(C)c(/N=c3\sc4ccccc4n3COCC[Si](C)(C)C)nn2)sc1CCCOc1ccc(C#CCN2CCOCC2)cc1F. The zero-order chi connectivity index (χ0) is 40.4. The number of aryl methyl sites for hydroxylation is 2. The van der Waals surface area contributed by atoms with Gasteiger partial charge in [0.25, 0.3) is 0 Å². The van der Waals surface area contributed by atoms with Crippen molar-refractivity contribution >= 4 is 63.7 Å². The lowest BCUT2D eigenvalue weighted by molar-refractivity contribution is 0.0443. The Morgan fingerprint density at radius 1 is 1.09 bits per heavy atom. The lowest BCUT2D eigenvalue weighted by Crippen LogP contribution is -2.36. The average Bonchev–Trinajstić information content (AvgIpc) is 3.78. The van der Waals surface area contributed by atoms with Crippen molar-refractivity contribution in [2.24, 2.45) is 4.99 Å². The molecular formula is C41H50FN7O5S2Si. The van der Waals surface area contributed by atoms with E-state index in [2.05, 4.69) is 68.3 Å². The molecule has 0 aliphatic carbocycles. The number of fused-ring (bicyclic) bond motifs is 1. The van der Waals surface area contributed by atoms with Crippen LogP contribution in [-0.4, -0.2) is 98.4 Å². The van der Waals surface area contributed by atoms with E-state index in [0.717, 1.165) is 44.6 Å². The van der Waals surface area contributed by atoms with Crippen LogP contribution in [0.2, 0.25) is 25.7 Å². The van der Waals surface area contributed by atoms with E-state index in [4.69, 9.17) is 23.9 Å². The molecule has 4 heterocycles. The van der Waals surface area contributed by atoms with E-state index in [9.17, 15) is 9.18 Å². The van der Waals surface area contributed by atoms with Crippen LogP contribution in [-0.2, 0) is 27.4 Å². The summed E-state index contributed by atoms with van der Waals surface area (Å²) in [6.45, 7) is 16.0. The standard InChI is InChI=1S/C41H50FN7O5S2Si/c1-7-53-39(50)37-35(15-11-21-54-33-17-16-30(27-31(33)42)12-10-18-48-19-22-51-23-20-48)56-40(43-37)47(3)36-26-29(2)38(46-45-36)44-41-49(28-52-24-25-57(4,5)6)32-13-8-9-14-34(32)55-41/h8-9,13-14,16-17,26-27H,7,11,15,18-25,28H2,1-6H3/b44-41-. The van der Waals surface area contributed by atoms with Crippen molar-refractivity contribution in [2.75, 3.05) is 64.6 Å². The third-order valence-electron chi connectivity index (χ3n) is 9.11. The molecule has 0 atom stereocenters. The highest BCUT2D eigenvalue weighted by molar-refractivity contribution is 7.16. The highest BCUT2D eigenvalue weighted by Crippen LogP contribution is 2.32. The first kappa shape index (κ1) is 42.1. The van der Waals surface area contributed by atoms with Gasteiger partial charge >= 0.3 is 5.97 Å². The lowest BCUT2D eigenvalue weighted by atomic mass is 10.2. The van der Waals surface area contributed by atoms with E-state index < -0.39 is 19.9 Å². The maximum atomic E-state index is 14.9. The van der Waals surface area contributed by atoms with Crippen LogP contribution in [0.3, 0.4) is 0 Å². The zero-order valence-corrected chi connectivity index (χ0v) is 36.1. The van der Waals surface area contributed by atoms with Crippen LogP contribution in [0, 0.1) is 24.6 Å². The quantitative estimate of drug-likeness (QED) is 0.0427. The number of thiazole rings is 2. The van der Waals surface area contributed by atoms with E-state index >= 15 is 0 Å². The summed E-state index contributed by atoms with van der Waals surface area (Å²) in [6, 6.07) is 15.9. The molecule has 0 radical (unpaired) electrons. The Balaban J connectivity index is 1.12. The molecule has 5 aromatic rings. The number of nitrogens with zero attached hydrogens (tertiary/aromatic N) is 7. The first-order valence-electron chi connectivity index (χ1n) is 19.2. The summed E-state index contributed by atoms with van der Waals surface area (Å²) < 4.78 is 40.7. The molecule has 0 bridgehead atoms. The third-order valence-corrected chi connectivity index (χ3v) is 13.1. The van der Waals surface area contributed by atoms with Gasteiger partial charge < -0.3 is 23.8 Å². The molecule has 302 valence electrons. The van der Waals surface area contributed by atoms with Crippen molar-refractivity contribution in [2.45, 2.75) is 59.1 Å². The number of rotatable bonds is 16. The molecule has 57 heavy (non-hydrogen) atoms. The first-order chi connectivity index (χ1) is 27.5. The van der Waals surface area contributed by atoms with Gasteiger partial charge in [0.2, 0.25) is 0 Å². The summed E-state index contributed by atoms with van der Waals surface area (Å²) in [5.41, 5.74) is 2.72. The predicted molar refractivity (Wildman–Crippen MR) is 226 cm³/mol. The molecule has 3 aromatic heterocycles. The Kier molecular flexibility index (Phi) is 14.6. The molecule has 12 nitrogen and oxygen atoms in total. The van der Waals surface area contributed by atoms with Crippen molar-refractivity contribution in [3.63, 3.8) is 0 Å². The fraction of sp³-hybridized carbons (Fsp3) is 0.439. The molecule has 0 amide bonds. The second-order valence-corrected chi connectivity index (χ2v) is 22.5. The van der Waals surface area contributed by atoms with Crippen LogP contribution in [0.5, 0.6) is 5.75 Å². The van der Waals surface area contributed by atoms with Crippen LogP contribution >= 0.6 is 22.7 Å². The van der Waals surface area contributed by atoms with Crippen LogP contribution in [0.1, 0.15) is 39.8 Å². The van der Waals surface area contributed by atoms with Gasteiger partial charge in [-0.05, 0) is 74.7 Å². The fourth-order valence-electron chi connectivity index (χ4n) is 5.83. The van der Waals surface area contributed by atoms with Crippen LogP contribution in [0.15, 0.2) is 53.5 Å². The van der Waals surface area contributed by atoms with Gasteiger partial charge in [0.1, 0.15) is 6.73 Å². The average molecular weight is 832 g/mol. The van der Waals surface area contributed by atoms with Crippen LogP contribution in [0.25, 0.3) is 10.2 Å². The minimum absolute atomic E-state index is 0.154. The second-order valence-electron chi connectivity index (χ2n) is 14.8. The number of ether oxygens (including phenoxy) is 4. The van der Waals surface area contributed by atoms with E-state index in [1.807, 2.05) is 32.2 Å². The Morgan fingerprint density at radius 3 is 2.65 bits per heavy atom. The topological polar surface area (TPSA) is 116 Å². The van der Waals surface area contributed by atoms with Gasteiger partial charge in [0, 0.05) is 45.3 Å². The van der Waals surface area contributed by atoms with E-state index in [-0.39, 0.29) is 24.7 Å². The van der Waals surface area contributed by atoms with Gasteiger partial charge in [-0.1, -0.05) is 55.0 Å². The number of hydrogen-bond acceptors (Lipinski definition) is 13. The smallest absolute Gasteiger partial charge is 0.358 e. The Hall–Kier alpha value is -4.50. The number of halogens is 1. The Morgan fingerprint density at radius 2 is 1.89 bits per heavy atom. The Labute approximate surface area is 342 Å². The van der Waals surface area contributed by atoms with Gasteiger partial charge in [-0.25, -0.2) is 14.2 Å². The number of carbonyl (C=O) groups excluding carboxylic acids is 1. The fourth-order valence-corrected chi connectivity index (χ4v) is 8.66. The largest absolute Gasteiger partial charge is 0.491 e. The predicted octanol–water partition coefficient (Wildman–Crippen LogP) is 7.58. The number of esters is 1. The monoisotopic (exact) mass is 831 g/mol. The van der Waals surface area contributed by atoms with Gasteiger partial charge in [-0.3, -0.25) is 9.47 Å². The minimum atomic E-state index is -1.22. The van der Waals surface area contributed by atoms with Gasteiger partial charge in [0.05, 0.1) is 43.2 Å². The number of para-hydroxylation sites is 1. The molecule has 2 aromatic carbocycles. The molecule has 0 unspecified atom stereocenters. The molecule has 1 aliphatic rings. The molecular weight excluding hydrogens is 782 g/mol. The van der Waals surface area contributed by atoms with Crippen molar-refractivity contribution in [3.05, 3.63) is 80.8 Å². The zero-order valence-electron chi connectivity index (χ0n) is 33.5. The molecule has 0 spiro atoms. The highest BCUT2D eigenvalue weighted by Gasteiger charge is 2.23. The number of anilines is 2. The van der Waals surface area contributed by atoms with Crippen molar-refractivity contribution in [3.8, 4) is 17.6 Å². The summed E-state index contributed by atoms with van der Waals surface area (Å²) >= 11 is 2.95. The van der Waals surface area contributed by atoms with Gasteiger partial charge in [0.15, 0.2) is 38.8 Å². The summed E-state index contributed by atoms with van der Waals surface area (Å²) in [5.74, 6) is 6.38. The summed E-state index contributed by atoms with van der Waals surface area (Å²) in [5, 5.41) is 9.58. The third kappa shape index (κ3) is 11.6. The molecule has 1 aliphatic heterocycles. The van der Waals surface area contributed by atoms with Gasteiger partial charge in [-0.15, -0.1) is 21.5 Å². The first-order valence-corrected chi connectivity index (χ1v) is 24.5. The molecule has 0 N–H and O–H groups in total. The van der Waals surface area contributed by atoms with Crippen LogP contribution < -0.4 is 14.4 Å². The Bertz CT molecular complexity index is 2290. The van der Waals surface area contributed by atoms with Crippen molar-refractivity contribution < 1.29 is 28.1 Å². The number of morpholine rings is 1. The molecule has 1 saturated heterocycles. The van der Waals surface area contributed by atoms with Crippen LogP contribution in [0.4, 0.5) is 21.2 Å². The highest BCUT2D eigenvalue weighted by atomic mass is 32.1. The molecule has 0 saturated carbocycles. The maximum absolute atomic E-state index is 14.9. The summed E-state index contributed by atoms with van der Waals surface area (Å²) in [7, 11) is 0.609. The van der Waals surface area contributed by atoms with Gasteiger partial charge in [-0.2, -0.15) is 4.99 Å². The van der Waals surface area contributed by atoms with E-state index in [0.29, 0.717) is 68.3 Å². The van der Waals surface area contributed by atoms with Crippen molar-refractivity contribution in [1.29, 1.82) is 0 Å². The summed E-state index contributed by atoms with van der Waals surface area (Å²) in [4.78, 5) is 28.1. The molecule has 16 heteroatoms. The lowest BCUT2D eigenvalue weighted by Gasteiger charge is -2.24. The number of benzene rings is 2. The normalized spacial score (nSPS) is 13.8. The molecule has 6 rings (SSSR count). The maximum Gasteiger partial charge on any atom is 0.358 e. The molecule has 1 fully saturated rings. The number of carbonyl (C=O) groups is 1. The second kappa shape index (κ2) is 19.8. The number of aromatic nitrogens is 4. The van der Waals surface area contributed by atoms with Crippen molar-refractivity contribution in [1.82, 2.24) is 24.6 Å². The number of hydrogen-bond donors (Lipinski definition) is 0. The van der Waals surface area contributed by atoms with E-state index in [1.165, 1.54) is 17.4 Å². The minimum Gasteiger partial charge on any atom is -0.491 e. The summed E-state index contributed by atoms with van der Waals surface area (Å²) in [6.07, 6.45) is 1.00. The van der Waals surface area contributed by atoms with E-state index in [1.54, 1.807) is 35.3 Å².